The fraction of sp³-hybridized carbons (Fsp3) is 0.308. The Kier molecular flexibility index (Phi) is 6.00. The summed E-state index contributed by atoms with van der Waals surface area (Å²) < 4.78 is 0. The maximum absolute atomic E-state index is 11.5. The molecule has 7 nitrogen and oxygen atoms in total. The molecule has 1 unspecified atom stereocenters. The van der Waals surface area contributed by atoms with Gasteiger partial charge in [-0.3, -0.25) is 0 Å². The van der Waals surface area contributed by atoms with E-state index >= 15 is 0 Å². The number of aliphatic hydroxyl groups excluding tert-OH is 1. The minimum atomic E-state index is -1.21. The van der Waals surface area contributed by atoms with Crippen molar-refractivity contribution in [2.45, 2.75) is 19.0 Å². The molecule has 2 amide bonds. The molecule has 0 saturated carbocycles. The van der Waals surface area contributed by atoms with Crippen molar-refractivity contribution in [1.29, 1.82) is 5.26 Å². The third-order valence-electron chi connectivity index (χ3n) is 2.53. The van der Waals surface area contributed by atoms with E-state index in [-0.39, 0.29) is 19.6 Å². The maximum atomic E-state index is 11.5. The predicted octanol–water partition coefficient (Wildman–Crippen LogP) is 0.193. The first kappa shape index (κ1) is 15.5. The molecule has 1 aromatic carbocycles. The molecule has 0 radical (unpaired) electrons. The van der Waals surface area contributed by atoms with Gasteiger partial charge in [0.15, 0.2) is 0 Å². The van der Waals surface area contributed by atoms with Crippen LogP contribution in [-0.4, -0.2) is 34.9 Å². The molecule has 106 valence electrons. The normalized spacial score (nSPS) is 11.2. The van der Waals surface area contributed by atoms with Gasteiger partial charge in [-0.1, -0.05) is 12.1 Å². The standard InChI is InChI=1S/C13H15N3O4/c14-7-9-2-1-3-10(6-9)8-15-13(20)16-11(4-5-17)12(18)19/h1-3,6,11,17H,4-5,8H2,(H,18,19)(H2,15,16,20). The third-order valence-corrected chi connectivity index (χ3v) is 2.53. The summed E-state index contributed by atoms with van der Waals surface area (Å²) in [5.41, 5.74) is 1.21. The van der Waals surface area contributed by atoms with Crippen molar-refractivity contribution in [3.8, 4) is 6.07 Å². The van der Waals surface area contributed by atoms with E-state index in [0.29, 0.717) is 5.56 Å². The molecule has 0 spiro atoms. The Balaban J connectivity index is 2.50. The minimum absolute atomic E-state index is 0.0628. The average molecular weight is 277 g/mol. The van der Waals surface area contributed by atoms with Crippen molar-refractivity contribution in [3.63, 3.8) is 0 Å². The fourth-order valence-electron chi connectivity index (χ4n) is 1.53. The molecule has 0 aliphatic rings. The van der Waals surface area contributed by atoms with Crippen LogP contribution in [0.15, 0.2) is 24.3 Å². The second kappa shape index (κ2) is 7.76. The van der Waals surface area contributed by atoms with Gasteiger partial charge < -0.3 is 20.8 Å². The Labute approximate surface area is 115 Å². The van der Waals surface area contributed by atoms with Gasteiger partial charge in [0.2, 0.25) is 0 Å². The molecule has 1 aromatic rings. The Morgan fingerprint density at radius 3 is 2.75 bits per heavy atom. The molecule has 1 rings (SSSR count). The molecular weight excluding hydrogens is 262 g/mol. The lowest BCUT2D eigenvalue weighted by molar-refractivity contribution is -0.139. The van der Waals surface area contributed by atoms with Crippen molar-refractivity contribution >= 4 is 12.0 Å². The van der Waals surface area contributed by atoms with Crippen molar-refractivity contribution in [3.05, 3.63) is 35.4 Å². The number of hydrogen-bond acceptors (Lipinski definition) is 4. The van der Waals surface area contributed by atoms with Gasteiger partial charge in [-0.05, 0) is 17.7 Å². The second-order valence-electron chi connectivity index (χ2n) is 4.04. The van der Waals surface area contributed by atoms with Gasteiger partial charge in [0.25, 0.3) is 0 Å². The van der Waals surface area contributed by atoms with E-state index in [9.17, 15) is 9.59 Å². The highest BCUT2D eigenvalue weighted by molar-refractivity contribution is 5.82. The number of hydrogen-bond donors (Lipinski definition) is 4. The highest BCUT2D eigenvalue weighted by atomic mass is 16.4. The smallest absolute Gasteiger partial charge is 0.326 e. The lowest BCUT2D eigenvalue weighted by Crippen LogP contribution is -2.46. The summed E-state index contributed by atoms with van der Waals surface area (Å²) in [6.07, 6.45) is -0.0628. The third kappa shape index (κ3) is 4.96. The van der Waals surface area contributed by atoms with Gasteiger partial charge in [0.05, 0.1) is 11.6 Å². The summed E-state index contributed by atoms with van der Waals surface area (Å²) in [6, 6.07) is 6.91. The molecule has 0 fully saturated rings. The van der Waals surface area contributed by atoms with Crippen LogP contribution in [0.3, 0.4) is 0 Å². The number of carbonyl (C=O) groups is 2. The van der Waals surface area contributed by atoms with Crippen molar-refractivity contribution < 1.29 is 19.8 Å². The van der Waals surface area contributed by atoms with Gasteiger partial charge in [0, 0.05) is 19.6 Å². The Hall–Kier alpha value is -2.59. The van der Waals surface area contributed by atoms with Gasteiger partial charge in [-0.15, -0.1) is 0 Å². The Morgan fingerprint density at radius 1 is 1.40 bits per heavy atom. The number of carbonyl (C=O) groups excluding carboxylic acids is 1. The maximum Gasteiger partial charge on any atom is 0.326 e. The summed E-state index contributed by atoms with van der Waals surface area (Å²) in [5.74, 6) is -1.21. The monoisotopic (exact) mass is 277 g/mol. The van der Waals surface area contributed by atoms with Gasteiger partial charge in [-0.25, -0.2) is 9.59 Å². The van der Waals surface area contributed by atoms with Crippen molar-refractivity contribution in [2.75, 3.05) is 6.61 Å². The number of nitrogens with one attached hydrogen (secondary N) is 2. The first-order valence-corrected chi connectivity index (χ1v) is 5.94. The molecule has 1 atom stereocenters. The molecule has 4 N–H and O–H groups in total. The van der Waals surface area contributed by atoms with Gasteiger partial charge >= 0.3 is 12.0 Å². The number of nitriles is 1. The van der Waals surface area contributed by atoms with Crippen LogP contribution in [0.5, 0.6) is 0 Å². The van der Waals surface area contributed by atoms with E-state index in [0.717, 1.165) is 5.56 Å². The van der Waals surface area contributed by atoms with Crippen molar-refractivity contribution in [2.24, 2.45) is 0 Å². The first-order valence-electron chi connectivity index (χ1n) is 5.94. The Bertz CT molecular complexity index is 525. The van der Waals surface area contributed by atoms with Crippen LogP contribution in [0, 0.1) is 11.3 Å². The first-order chi connectivity index (χ1) is 9.56. The lowest BCUT2D eigenvalue weighted by atomic mass is 10.1. The summed E-state index contributed by atoms with van der Waals surface area (Å²) in [4.78, 5) is 22.3. The molecule has 0 heterocycles. The number of urea groups is 1. The van der Waals surface area contributed by atoms with Crippen LogP contribution in [0.1, 0.15) is 17.5 Å². The molecule has 0 aliphatic carbocycles. The number of amides is 2. The number of benzene rings is 1. The summed E-state index contributed by atoms with van der Waals surface area (Å²) in [5, 5.41) is 31.0. The molecular formula is C13H15N3O4. The number of nitrogens with zero attached hydrogens (tertiary/aromatic N) is 1. The van der Waals surface area contributed by atoms with E-state index in [1.807, 2.05) is 6.07 Å². The average Bonchev–Trinajstić information content (AvgIpc) is 2.44. The van der Waals surface area contributed by atoms with Crippen LogP contribution in [-0.2, 0) is 11.3 Å². The molecule has 0 bridgehead atoms. The van der Waals surface area contributed by atoms with Crippen molar-refractivity contribution in [1.82, 2.24) is 10.6 Å². The zero-order chi connectivity index (χ0) is 15.0. The Morgan fingerprint density at radius 2 is 2.15 bits per heavy atom. The highest BCUT2D eigenvalue weighted by Crippen LogP contribution is 2.03. The van der Waals surface area contributed by atoms with Crippen LogP contribution >= 0.6 is 0 Å². The number of rotatable bonds is 6. The molecule has 0 aromatic heterocycles. The fourth-order valence-corrected chi connectivity index (χ4v) is 1.53. The topological polar surface area (TPSA) is 122 Å². The predicted molar refractivity (Wildman–Crippen MR) is 69.7 cm³/mol. The molecule has 7 heteroatoms. The quantitative estimate of drug-likeness (QED) is 0.591. The summed E-state index contributed by atoms with van der Waals surface area (Å²) in [7, 11) is 0. The van der Waals surface area contributed by atoms with E-state index in [2.05, 4.69) is 10.6 Å². The van der Waals surface area contributed by atoms with E-state index < -0.39 is 18.0 Å². The SMILES string of the molecule is N#Cc1cccc(CNC(=O)NC(CCO)C(=O)O)c1. The number of aliphatic hydroxyl groups is 1. The zero-order valence-electron chi connectivity index (χ0n) is 10.7. The van der Waals surface area contributed by atoms with Crippen LogP contribution in [0.2, 0.25) is 0 Å². The van der Waals surface area contributed by atoms with Crippen LogP contribution < -0.4 is 10.6 Å². The number of carboxylic acid groups (broad SMARTS) is 1. The highest BCUT2D eigenvalue weighted by Gasteiger charge is 2.18. The van der Waals surface area contributed by atoms with E-state index in [1.165, 1.54) is 0 Å². The van der Waals surface area contributed by atoms with E-state index in [1.54, 1.807) is 24.3 Å². The number of aliphatic carboxylic acids is 1. The lowest BCUT2D eigenvalue weighted by Gasteiger charge is -2.14. The minimum Gasteiger partial charge on any atom is -0.480 e. The van der Waals surface area contributed by atoms with Crippen LogP contribution in [0.25, 0.3) is 0 Å². The van der Waals surface area contributed by atoms with Gasteiger partial charge in [-0.2, -0.15) is 5.26 Å². The van der Waals surface area contributed by atoms with Gasteiger partial charge in [0.1, 0.15) is 6.04 Å². The van der Waals surface area contributed by atoms with E-state index in [4.69, 9.17) is 15.5 Å². The zero-order valence-corrected chi connectivity index (χ0v) is 10.7. The van der Waals surface area contributed by atoms with Crippen LogP contribution in [0.4, 0.5) is 4.79 Å². The number of carboxylic acids is 1. The second-order valence-corrected chi connectivity index (χ2v) is 4.04. The molecule has 20 heavy (non-hydrogen) atoms. The largest absolute Gasteiger partial charge is 0.480 e. The molecule has 0 aliphatic heterocycles. The molecule has 0 saturated heterocycles. The summed E-state index contributed by atoms with van der Waals surface area (Å²) >= 11 is 0. The summed E-state index contributed by atoms with van der Waals surface area (Å²) in [6.45, 7) is -0.158.